The van der Waals surface area contributed by atoms with Crippen LogP contribution in [0.15, 0.2) is 35.7 Å². The molecule has 8 heteroatoms. The van der Waals surface area contributed by atoms with Crippen LogP contribution in [0.1, 0.15) is 37.1 Å². The van der Waals surface area contributed by atoms with Gasteiger partial charge in [0.05, 0.1) is 22.8 Å². The highest BCUT2D eigenvalue weighted by atomic mass is 32.1. The Kier molecular flexibility index (Phi) is 6.02. The van der Waals surface area contributed by atoms with Crippen LogP contribution < -0.4 is 16.2 Å². The van der Waals surface area contributed by atoms with Crippen molar-refractivity contribution in [2.24, 2.45) is 11.8 Å². The summed E-state index contributed by atoms with van der Waals surface area (Å²) in [7, 11) is 0. The summed E-state index contributed by atoms with van der Waals surface area (Å²) in [6.07, 6.45) is 5.77. The van der Waals surface area contributed by atoms with E-state index in [9.17, 15) is 9.59 Å². The van der Waals surface area contributed by atoms with Crippen LogP contribution in [0.5, 0.6) is 0 Å². The molecule has 0 bridgehead atoms. The molecule has 3 heterocycles. The third kappa shape index (κ3) is 4.37. The summed E-state index contributed by atoms with van der Waals surface area (Å²) in [5.41, 5.74) is 8.77. The molecule has 7 nitrogen and oxygen atoms in total. The molecule has 0 spiro atoms. The van der Waals surface area contributed by atoms with E-state index in [-0.39, 0.29) is 23.9 Å². The molecule has 1 saturated carbocycles. The van der Waals surface area contributed by atoms with E-state index in [1.54, 1.807) is 11.3 Å². The van der Waals surface area contributed by atoms with Gasteiger partial charge in [-0.15, -0.1) is 11.3 Å². The fourth-order valence-electron chi connectivity index (χ4n) is 5.11. The van der Waals surface area contributed by atoms with Crippen LogP contribution >= 0.6 is 11.3 Å². The van der Waals surface area contributed by atoms with Gasteiger partial charge in [-0.1, -0.05) is 43.2 Å². The van der Waals surface area contributed by atoms with Crippen molar-refractivity contribution in [3.05, 3.63) is 40.7 Å². The Bertz CT molecular complexity index is 933. The maximum Gasteiger partial charge on any atom is 0.225 e. The minimum Gasteiger partial charge on any atom is -0.355 e. The third-order valence-electron chi connectivity index (χ3n) is 6.77. The molecule has 2 saturated heterocycles. The Morgan fingerprint density at radius 1 is 1.19 bits per heavy atom. The number of nitrogens with zero attached hydrogens (tertiary/aromatic N) is 2. The predicted molar refractivity (Wildman–Crippen MR) is 120 cm³/mol. The Morgan fingerprint density at radius 2 is 2.03 bits per heavy atom. The zero-order chi connectivity index (χ0) is 21.2. The number of hydrazine groups is 1. The molecule has 3 N–H and O–H groups in total. The van der Waals surface area contributed by atoms with E-state index in [1.165, 1.54) is 12.8 Å². The molecule has 2 amide bonds. The van der Waals surface area contributed by atoms with Crippen molar-refractivity contribution in [3.8, 4) is 11.3 Å². The minimum absolute atomic E-state index is 0.0160. The zero-order valence-corrected chi connectivity index (χ0v) is 18.4. The minimum atomic E-state index is -0.270. The number of carbonyl (C=O) groups excluding carboxylic acids is 2. The fraction of sp³-hybridized carbons (Fsp3) is 0.522. The van der Waals surface area contributed by atoms with E-state index < -0.39 is 0 Å². The lowest BCUT2D eigenvalue weighted by Crippen LogP contribution is -2.48. The van der Waals surface area contributed by atoms with E-state index in [0.29, 0.717) is 37.9 Å². The van der Waals surface area contributed by atoms with Gasteiger partial charge in [0.25, 0.3) is 0 Å². The topological polar surface area (TPSA) is 86.4 Å². The van der Waals surface area contributed by atoms with Crippen molar-refractivity contribution in [3.63, 3.8) is 0 Å². The van der Waals surface area contributed by atoms with Crippen LogP contribution in [0.2, 0.25) is 0 Å². The highest BCUT2D eigenvalue weighted by Crippen LogP contribution is 2.34. The second kappa shape index (κ2) is 9.06. The van der Waals surface area contributed by atoms with Gasteiger partial charge in [-0.2, -0.15) is 0 Å². The normalized spacial score (nSPS) is 28.0. The first-order valence-electron chi connectivity index (χ1n) is 11.3. The number of hydrogen-bond acceptors (Lipinski definition) is 6. The van der Waals surface area contributed by atoms with Crippen LogP contribution in [0.4, 0.5) is 0 Å². The monoisotopic (exact) mass is 439 g/mol. The van der Waals surface area contributed by atoms with Gasteiger partial charge in [-0.25, -0.2) is 10.4 Å². The molecule has 1 aliphatic carbocycles. The highest BCUT2D eigenvalue weighted by molar-refractivity contribution is 7.09. The molecule has 1 aromatic heterocycles. The van der Waals surface area contributed by atoms with E-state index in [2.05, 4.69) is 26.5 Å². The van der Waals surface area contributed by atoms with Crippen molar-refractivity contribution in [1.29, 1.82) is 0 Å². The Morgan fingerprint density at radius 3 is 2.90 bits per heavy atom. The molecular weight excluding hydrogens is 410 g/mol. The number of thiazole rings is 1. The number of carbonyl (C=O) groups is 2. The second-order valence-corrected chi connectivity index (χ2v) is 9.71. The highest BCUT2D eigenvalue weighted by Gasteiger charge is 2.46. The maximum absolute atomic E-state index is 12.7. The summed E-state index contributed by atoms with van der Waals surface area (Å²) >= 11 is 1.62. The largest absolute Gasteiger partial charge is 0.355 e. The van der Waals surface area contributed by atoms with Crippen LogP contribution in [-0.4, -0.2) is 47.0 Å². The molecule has 1 aromatic carbocycles. The number of likely N-dealkylation sites (tertiary alicyclic amines) is 1. The Balaban J connectivity index is 1.11. The number of nitrogens with one attached hydrogen (secondary N) is 3. The average Bonchev–Trinajstić information content (AvgIpc) is 3.52. The molecule has 31 heavy (non-hydrogen) atoms. The summed E-state index contributed by atoms with van der Waals surface area (Å²) in [6, 6.07) is 10.5. The lowest BCUT2D eigenvalue weighted by molar-refractivity contribution is -0.131. The molecule has 164 valence electrons. The van der Waals surface area contributed by atoms with Crippen molar-refractivity contribution >= 4 is 23.2 Å². The van der Waals surface area contributed by atoms with Crippen molar-refractivity contribution in [1.82, 2.24) is 26.1 Å². The standard InChI is InChI=1S/C23H29N5O2S/c29-21-12-16(13-28(21)22-17-8-4-5-9-18(17)26-27-22)23(30)24-11-10-20-25-19(14-31-20)15-6-2-1-3-7-15/h1-3,6-7,14,16-18,22,26-27H,4-5,8-13H2,(H,24,30). The van der Waals surface area contributed by atoms with E-state index in [4.69, 9.17) is 0 Å². The molecule has 4 atom stereocenters. The molecule has 4 unspecified atom stereocenters. The van der Waals surface area contributed by atoms with E-state index in [0.717, 1.165) is 29.1 Å². The number of benzene rings is 1. The summed E-state index contributed by atoms with van der Waals surface area (Å²) in [5, 5.41) is 6.09. The van der Waals surface area contributed by atoms with Gasteiger partial charge in [-0.05, 0) is 12.8 Å². The van der Waals surface area contributed by atoms with Gasteiger partial charge in [0.2, 0.25) is 11.8 Å². The first-order chi connectivity index (χ1) is 15.2. The number of hydrogen-bond donors (Lipinski definition) is 3. The molecule has 3 fully saturated rings. The average molecular weight is 440 g/mol. The number of rotatable bonds is 6. The SMILES string of the molecule is O=C(NCCc1nc(-c2ccccc2)cs1)C1CC(=O)N(C2NNC3CCCCC32)C1. The van der Waals surface area contributed by atoms with Gasteiger partial charge in [-0.3, -0.25) is 15.0 Å². The summed E-state index contributed by atoms with van der Waals surface area (Å²) in [4.78, 5) is 31.9. The van der Waals surface area contributed by atoms with Crippen LogP contribution in [0.3, 0.4) is 0 Å². The van der Waals surface area contributed by atoms with Gasteiger partial charge in [0.1, 0.15) is 0 Å². The van der Waals surface area contributed by atoms with Crippen molar-refractivity contribution < 1.29 is 9.59 Å². The first-order valence-corrected chi connectivity index (χ1v) is 12.1. The maximum atomic E-state index is 12.7. The summed E-state index contributed by atoms with van der Waals surface area (Å²) in [6.45, 7) is 1.04. The fourth-order valence-corrected chi connectivity index (χ4v) is 5.91. The summed E-state index contributed by atoms with van der Waals surface area (Å²) < 4.78 is 0. The number of amides is 2. The van der Waals surface area contributed by atoms with Crippen LogP contribution in [0.25, 0.3) is 11.3 Å². The Labute approximate surface area is 186 Å². The summed E-state index contributed by atoms with van der Waals surface area (Å²) in [5.74, 6) is 0.233. The van der Waals surface area contributed by atoms with Gasteiger partial charge in [0.15, 0.2) is 0 Å². The van der Waals surface area contributed by atoms with E-state index in [1.807, 2.05) is 35.2 Å². The molecule has 5 rings (SSSR count). The van der Waals surface area contributed by atoms with Crippen molar-refractivity contribution in [2.75, 3.05) is 13.1 Å². The molecule has 3 aliphatic rings. The molecular formula is C23H29N5O2S. The smallest absolute Gasteiger partial charge is 0.225 e. The predicted octanol–water partition coefficient (Wildman–Crippen LogP) is 2.31. The number of aromatic nitrogens is 1. The third-order valence-corrected chi connectivity index (χ3v) is 7.67. The first kappa shape index (κ1) is 20.6. The van der Waals surface area contributed by atoms with E-state index >= 15 is 0 Å². The lowest BCUT2D eigenvalue weighted by Gasteiger charge is -2.32. The molecule has 2 aromatic rings. The van der Waals surface area contributed by atoms with Crippen molar-refractivity contribution in [2.45, 2.75) is 50.7 Å². The quantitative estimate of drug-likeness (QED) is 0.643. The van der Waals surface area contributed by atoms with Gasteiger partial charge in [0, 0.05) is 48.8 Å². The zero-order valence-electron chi connectivity index (χ0n) is 17.5. The molecule has 2 aliphatic heterocycles. The van der Waals surface area contributed by atoms with Crippen LogP contribution in [0, 0.1) is 11.8 Å². The lowest BCUT2D eigenvalue weighted by atomic mass is 9.84. The second-order valence-electron chi connectivity index (χ2n) is 8.77. The van der Waals surface area contributed by atoms with Gasteiger partial charge >= 0.3 is 0 Å². The Hall–Kier alpha value is -2.29. The van der Waals surface area contributed by atoms with Gasteiger partial charge < -0.3 is 10.2 Å². The number of fused-ring (bicyclic) bond motifs is 1. The van der Waals surface area contributed by atoms with Crippen LogP contribution in [-0.2, 0) is 16.0 Å². The molecule has 0 radical (unpaired) electrons.